The molecule has 0 radical (unpaired) electrons. The van der Waals surface area contributed by atoms with E-state index in [1.807, 2.05) is 13.8 Å². The van der Waals surface area contributed by atoms with Crippen LogP contribution in [0.5, 0.6) is 0 Å². The largest absolute Gasteiger partial charge is 0.393 e. The van der Waals surface area contributed by atoms with Gasteiger partial charge in [0, 0.05) is 0 Å². The molecule has 7 atom stereocenters. The Kier molecular flexibility index (Phi) is 8.19. The second-order valence-corrected chi connectivity index (χ2v) is 12.0. The smallest absolute Gasteiger partial charge is 0.0577 e. The molecule has 0 bridgehead atoms. The normalized spacial score (nSPS) is 42.5. The molecule has 4 rings (SSSR count). The SMILES string of the molecule is CC.CC(C)CCCCCC1CCC2C3CC=C4CC(O)CCC4(C)C3CCC12C. The quantitative estimate of drug-likeness (QED) is 0.339. The van der Waals surface area contributed by atoms with E-state index in [1.54, 1.807) is 5.57 Å². The van der Waals surface area contributed by atoms with Gasteiger partial charge < -0.3 is 5.11 Å². The molecule has 0 aromatic carbocycles. The number of aliphatic hydroxyl groups is 1. The number of hydrogen-bond donors (Lipinski definition) is 1. The summed E-state index contributed by atoms with van der Waals surface area (Å²) in [5, 5.41) is 10.2. The molecule has 1 heteroatoms. The summed E-state index contributed by atoms with van der Waals surface area (Å²) in [4.78, 5) is 0. The first kappa shape index (κ1) is 24.3. The maximum absolute atomic E-state index is 10.2. The predicted molar refractivity (Wildman–Crippen MR) is 130 cm³/mol. The monoisotopic (exact) mass is 416 g/mol. The lowest BCUT2D eigenvalue weighted by Crippen LogP contribution is -2.50. The molecule has 1 N–H and O–H groups in total. The topological polar surface area (TPSA) is 20.2 Å². The summed E-state index contributed by atoms with van der Waals surface area (Å²) >= 11 is 0. The standard InChI is InChI=1S/C27H46O.C2H6/c1-19(2)8-6-5-7-9-20-11-13-24-23-12-10-21-18-22(28)14-16-27(21,4)25(23)15-17-26(20,24)3;1-2/h10,19-20,22-25,28H,5-9,11-18H2,1-4H3;1-2H3. The van der Waals surface area contributed by atoms with Gasteiger partial charge in [0.05, 0.1) is 6.10 Å². The van der Waals surface area contributed by atoms with E-state index in [4.69, 9.17) is 0 Å². The average molecular weight is 417 g/mol. The van der Waals surface area contributed by atoms with E-state index in [-0.39, 0.29) is 6.10 Å². The van der Waals surface area contributed by atoms with Gasteiger partial charge >= 0.3 is 0 Å². The fourth-order valence-corrected chi connectivity index (χ4v) is 8.34. The highest BCUT2D eigenvalue weighted by Gasteiger charge is 2.58. The molecule has 4 aliphatic rings. The van der Waals surface area contributed by atoms with E-state index >= 15 is 0 Å². The zero-order valence-electron chi connectivity index (χ0n) is 21.2. The lowest BCUT2D eigenvalue weighted by Gasteiger charge is -2.58. The molecule has 0 heterocycles. The van der Waals surface area contributed by atoms with Gasteiger partial charge in [-0.15, -0.1) is 0 Å². The van der Waals surface area contributed by atoms with Gasteiger partial charge in [0.1, 0.15) is 0 Å². The zero-order valence-corrected chi connectivity index (χ0v) is 21.2. The van der Waals surface area contributed by atoms with E-state index in [2.05, 4.69) is 33.8 Å². The minimum absolute atomic E-state index is 0.0729. The van der Waals surface area contributed by atoms with Crippen molar-refractivity contribution in [1.82, 2.24) is 0 Å². The molecule has 3 fully saturated rings. The molecule has 0 aliphatic heterocycles. The number of aliphatic hydroxyl groups excluding tert-OH is 1. The van der Waals surface area contributed by atoms with Crippen LogP contribution in [0.25, 0.3) is 0 Å². The Morgan fingerprint density at radius 2 is 1.73 bits per heavy atom. The predicted octanol–water partition coefficient (Wildman–Crippen LogP) is 8.56. The lowest BCUT2D eigenvalue weighted by molar-refractivity contribution is -0.0508. The van der Waals surface area contributed by atoms with Crippen LogP contribution in [-0.4, -0.2) is 11.2 Å². The number of hydrogen-bond acceptors (Lipinski definition) is 1. The van der Waals surface area contributed by atoms with Gasteiger partial charge in [-0.1, -0.05) is 78.9 Å². The van der Waals surface area contributed by atoms with Crippen LogP contribution in [0.4, 0.5) is 0 Å². The highest BCUT2D eigenvalue weighted by atomic mass is 16.3. The zero-order chi connectivity index (χ0) is 21.9. The van der Waals surface area contributed by atoms with Crippen molar-refractivity contribution in [3.8, 4) is 0 Å². The average Bonchev–Trinajstić information content (AvgIpc) is 3.06. The van der Waals surface area contributed by atoms with Crippen molar-refractivity contribution >= 4 is 0 Å². The third kappa shape index (κ3) is 4.57. The minimum Gasteiger partial charge on any atom is -0.393 e. The van der Waals surface area contributed by atoms with Crippen LogP contribution in [-0.2, 0) is 0 Å². The Bertz CT molecular complexity index is 577. The summed E-state index contributed by atoms with van der Waals surface area (Å²) in [6, 6.07) is 0. The molecule has 30 heavy (non-hydrogen) atoms. The molecule has 0 aromatic heterocycles. The number of allylic oxidation sites excluding steroid dienone is 1. The Hall–Kier alpha value is -0.300. The Balaban J connectivity index is 0.00000124. The van der Waals surface area contributed by atoms with Crippen molar-refractivity contribution < 1.29 is 5.11 Å². The number of rotatable bonds is 6. The first-order valence-corrected chi connectivity index (χ1v) is 13.7. The Morgan fingerprint density at radius 3 is 2.47 bits per heavy atom. The number of unbranched alkanes of at least 4 members (excludes halogenated alkanes) is 2. The van der Waals surface area contributed by atoms with Gasteiger partial charge in [-0.25, -0.2) is 0 Å². The van der Waals surface area contributed by atoms with E-state index in [0.717, 1.165) is 42.4 Å². The molecule has 0 saturated heterocycles. The third-order valence-corrected chi connectivity index (χ3v) is 10.1. The molecular weight excluding hydrogens is 364 g/mol. The van der Waals surface area contributed by atoms with Crippen molar-refractivity contribution in [2.75, 3.05) is 0 Å². The number of fused-ring (bicyclic) bond motifs is 5. The lowest BCUT2D eigenvalue weighted by atomic mass is 9.47. The molecule has 1 nitrogen and oxygen atoms in total. The second-order valence-electron chi connectivity index (χ2n) is 12.0. The first-order valence-electron chi connectivity index (χ1n) is 13.7. The van der Waals surface area contributed by atoms with Crippen molar-refractivity contribution in [3.63, 3.8) is 0 Å². The molecule has 0 spiro atoms. The van der Waals surface area contributed by atoms with Gasteiger partial charge in [0.25, 0.3) is 0 Å². The van der Waals surface area contributed by atoms with Crippen molar-refractivity contribution in [3.05, 3.63) is 11.6 Å². The summed E-state index contributed by atoms with van der Waals surface area (Å²) in [6.45, 7) is 14.0. The molecule has 0 amide bonds. The van der Waals surface area contributed by atoms with Crippen LogP contribution < -0.4 is 0 Å². The highest BCUT2D eigenvalue weighted by Crippen LogP contribution is 2.66. The molecular formula is C29H52O. The summed E-state index contributed by atoms with van der Waals surface area (Å²) in [5.74, 6) is 4.64. The van der Waals surface area contributed by atoms with Gasteiger partial charge in [0.2, 0.25) is 0 Å². The summed E-state index contributed by atoms with van der Waals surface area (Å²) in [5.41, 5.74) is 2.64. The maximum atomic E-state index is 10.2. The van der Waals surface area contributed by atoms with Gasteiger partial charge in [-0.3, -0.25) is 0 Å². The molecule has 7 unspecified atom stereocenters. The van der Waals surface area contributed by atoms with Crippen LogP contribution in [0.3, 0.4) is 0 Å². The van der Waals surface area contributed by atoms with Crippen LogP contribution >= 0.6 is 0 Å². The summed E-state index contributed by atoms with van der Waals surface area (Å²) < 4.78 is 0. The molecule has 3 saturated carbocycles. The van der Waals surface area contributed by atoms with Crippen molar-refractivity contribution in [2.45, 2.75) is 131 Å². The van der Waals surface area contributed by atoms with E-state index in [0.29, 0.717) is 10.8 Å². The van der Waals surface area contributed by atoms with Crippen molar-refractivity contribution in [1.29, 1.82) is 0 Å². The molecule has 4 aliphatic carbocycles. The third-order valence-electron chi connectivity index (χ3n) is 10.1. The second kappa shape index (κ2) is 10.1. The van der Waals surface area contributed by atoms with E-state index in [1.165, 1.54) is 70.6 Å². The van der Waals surface area contributed by atoms with Crippen LogP contribution in [0.15, 0.2) is 11.6 Å². The van der Waals surface area contributed by atoms with Gasteiger partial charge in [-0.05, 0) is 98.2 Å². The Morgan fingerprint density at radius 1 is 0.967 bits per heavy atom. The fourth-order valence-electron chi connectivity index (χ4n) is 8.34. The van der Waals surface area contributed by atoms with Crippen molar-refractivity contribution in [2.24, 2.45) is 40.4 Å². The van der Waals surface area contributed by atoms with E-state index < -0.39 is 0 Å². The van der Waals surface area contributed by atoms with Gasteiger partial charge in [0.15, 0.2) is 0 Å². The summed E-state index contributed by atoms with van der Waals surface area (Å²) in [6.07, 6.45) is 20.2. The van der Waals surface area contributed by atoms with E-state index in [9.17, 15) is 5.11 Å². The summed E-state index contributed by atoms with van der Waals surface area (Å²) in [7, 11) is 0. The van der Waals surface area contributed by atoms with Gasteiger partial charge in [-0.2, -0.15) is 0 Å². The van der Waals surface area contributed by atoms with Crippen LogP contribution in [0.1, 0.15) is 125 Å². The highest BCUT2D eigenvalue weighted by molar-refractivity contribution is 5.25. The molecule has 0 aromatic rings. The fraction of sp³-hybridized carbons (Fsp3) is 0.931. The molecule has 174 valence electrons. The maximum Gasteiger partial charge on any atom is 0.0577 e. The minimum atomic E-state index is -0.0729. The Labute approximate surface area is 188 Å². The van der Waals surface area contributed by atoms with Crippen LogP contribution in [0, 0.1) is 40.4 Å². The first-order chi connectivity index (χ1) is 14.3. The van der Waals surface area contributed by atoms with Crippen LogP contribution in [0.2, 0.25) is 0 Å².